The van der Waals surface area contributed by atoms with Gasteiger partial charge in [-0.25, -0.2) is 4.98 Å². The smallest absolute Gasteiger partial charge is 0.266 e. The van der Waals surface area contributed by atoms with Gasteiger partial charge in [-0.15, -0.1) is 0 Å². The molecule has 6 nitrogen and oxygen atoms in total. The Bertz CT molecular complexity index is 1140. The van der Waals surface area contributed by atoms with Crippen molar-refractivity contribution in [2.24, 2.45) is 5.92 Å². The van der Waals surface area contributed by atoms with E-state index in [0.29, 0.717) is 47.9 Å². The number of carbonyl (C=O) groups is 1. The highest BCUT2D eigenvalue weighted by atomic mass is 16.5. The van der Waals surface area contributed by atoms with Crippen molar-refractivity contribution >= 4 is 16.8 Å². The number of aromatic nitrogens is 2. The molecule has 0 bridgehead atoms. The van der Waals surface area contributed by atoms with Crippen LogP contribution in [0.15, 0.2) is 53.3 Å². The lowest BCUT2D eigenvalue weighted by Gasteiger charge is -2.32. The Balaban J connectivity index is 2.17. The summed E-state index contributed by atoms with van der Waals surface area (Å²) in [4.78, 5) is 33.6. The van der Waals surface area contributed by atoms with E-state index >= 15 is 0 Å². The molecular weight excluding hydrogens is 414 g/mol. The zero-order valence-electron chi connectivity index (χ0n) is 20.4. The van der Waals surface area contributed by atoms with Crippen LogP contribution < -0.4 is 10.3 Å². The van der Waals surface area contributed by atoms with Crippen molar-refractivity contribution in [3.05, 3.63) is 64.7 Å². The van der Waals surface area contributed by atoms with Crippen molar-refractivity contribution in [1.82, 2.24) is 14.5 Å². The van der Waals surface area contributed by atoms with Crippen LogP contribution in [-0.2, 0) is 4.79 Å². The van der Waals surface area contributed by atoms with E-state index in [1.165, 1.54) is 0 Å². The van der Waals surface area contributed by atoms with Crippen LogP contribution in [-0.4, -0.2) is 33.5 Å². The van der Waals surface area contributed by atoms with Gasteiger partial charge in [-0.3, -0.25) is 14.2 Å². The first-order valence-electron chi connectivity index (χ1n) is 11.9. The van der Waals surface area contributed by atoms with Crippen LogP contribution in [0, 0.1) is 5.92 Å². The highest BCUT2D eigenvalue weighted by Gasteiger charge is 2.27. The molecule has 1 atom stereocenters. The van der Waals surface area contributed by atoms with Gasteiger partial charge in [0, 0.05) is 13.0 Å². The second kappa shape index (κ2) is 11.1. The highest BCUT2D eigenvalue weighted by molar-refractivity contribution is 5.79. The minimum atomic E-state index is -0.361. The van der Waals surface area contributed by atoms with Crippen LogP contribution >= 0.6 is 0 Å². The predicted molar refractivity (Wildman–Crippen MR) is 133 cm³/mol. The lowest BCUT2D eigenvalue weighted by molar-refractivity contribution is -0.134. The second-order valence-electron chi connectivity index (χ2n) is 8.77. The molecule has 0 aliphatic carbocycles. The minimum absolute atomic E-state index is 0.0960. The lowest BCUT2D eigenvalue weighted by Crippen LogP contribution is -2.39. The first kappa shape index (κ1) is 24.5. The van der Waals surface area contributed by atoms with E-state index in [4.69, 9.17) is 9.72 Å². The minimum Gasteiger partial charge on any atom is -0.494 e. The van der Waals surface area contributed by atoms with E-state index in [9.17, 15) is 9.59 Å². The molecule has 0 saturated heterocycles. The van der Waals surface area contributed by atoms with Crippen molar-refractivity contribution in [2.75, 3.05) is 13.2 Å². The summed E-state index contributed by atoms with van der Waals surface area (Å²) in [5, 5.41) is 0.551. The summed E-state index contributed by atoms with van der Waals surface area (Å²) in [6, 6.07) is 14.4. The molecule has 0 fully saturated rings. The van der Waals surface area contributed by atoms with Crippen LogP contribution in [0.3, 0.4) is 0 Å². The number of para-hydroxylation sites is 1. The van der Waals surface area contributed by atoms with E-state index in [1.807, 2.05) is 61.2 Å². The number of fused-ring (bicyclic) bond motifs is 1. The van der Waals surface area contributed by atoms with Crippen molar-refractivity contribution in [3.8, 4) is 11.4 Å². The van der Waals surface area contributed by atoms with E-state index < -0.39 is 0 Å². The fraction of sp³-hybridized carbons (Fsp3) is 0.444. The summed E-state index contributed by atoms with van der Waals surface area (Å²) in [6.07, 6.45) is 2.30. The number of unbranched alkanes of at least 4 members (excludes halogenated alkanes) is 1. The van der Waals surface area contributed by atoms with Gasteiger partial charge in [0.1, 0.15) is 11.6 Å². The zero-order chi connectivity index (χ0) is 24.0. The van der Waals surface area contributed by atoms with Crippen LogP contribution in [0.5, 0.6) is 5.75 Å². The number of hydrogen-bond donors (Lipinski definition) is 0. The Morgan fingerprint density at radius 3 is 2.39 bits per heavy atom. The van der Waals surface area contributed by atoms with Gasteiger partial charge in [0.25, 0.3) is 5.56 Å². The molecule has 1 unspecified atom stereocenters. The molecule has 0 spiro atoms. The van der Waals surface area contributed by atoms with Crippen LogP contribution in [0.4, 0.5) is 0 Å². The van der Waals surface area contributed by atoms with Crippen LogP contribution in [0.1, 0.15) is 65.7 Å². The molecule has 33 heavy (non-hydrogen) atoms. The van der Waals surface area contributed by atoms with Gasteiger partial charge in [0.05, 0.1) is 29.2 Å². The molecule has 0 radical (unpaired) electrons. The quantitative estimate of drug-likeness (QED) is 0.409. The Kier molecular flexibility index (Phi) is 8.26. The van der Waals surface area contributed by atoms with Gasteiger partial charge < -0.3 is 9.64 Å². The van der Waals surface area contributed by atoms with Gasteiger partial charge in [0.15, 0.2) is 0 Å². The third-order valence-electron chi connectivity index (χ3n) is 5.68. The van der Waals surface area contributed by atoms with Gasteiger partial charge in [0.2, 0.25) is 5.91 Å². The van der Waals surface area contributed by atoms with E-state index in [1.54, 1.807) is 10.6 Å². The third kappa shape index (κ3) is 5.62. The summed E-state index contributed by atoms with van der Waals surface area (Å²) in [5.74, 6) is 1.70. The normalized spacial score (nSPS) is 12.2. The molecular formula is C27H35N3O3. The van der Waals surface area contributed by atoms with Gasteiger partial charge in [-0.2, -0.15) is 0 Å². The lowest BCUT2D eigenvalue weighted by atomic mass is 10.1. The number of rotatable bonds is 10. The number of nitrogens with zero attached hydrogens (tertiary/aromatic N) is 3. The molecule has 0 saturated carbocycles. The van der Waals surface area contributed by atoms with Crippen LogP contribution in [0.2, 0.25) is 0 Å². The number of amides is 1. The molecule has 6 heteroatoms. The van der Waals surface area contributed by atoms with Crippen molar-refractivity contribution in [2.45, 2.75) is 59.9 Å². The first-order valence-corrected chi connectivity index (χ1v) is 11.9. The molecule has 176 valence electrons. The summed E-state index contributed by atoms with van der Waals surface area (Å²) in [7, 11) is 0. The maximum atomic E-state index is 13.6. The van der Waals surface area contributed by atoms with E-state index in [2.05, 4.69) is 20.8 Å². The third-order valence-corrected chi connectivity index (χ3v) is 5.68. The number of benzene rings is 2. The number of hydrogen-bond acceptors (Lipinski definition) is 4. The molecule has 0 aliphatic rings. The first-order chi connectivity index (χ1) is 15.9. The molecule has 2 aromatic carbocycles. The average molecular weight is 450 g/mol. The Hall–Kier alpha value is -3.15. The fourth-order valence-corrected chi connectivity index (χ4v) is 4.02. The molecule has 1 amide bonds. The fourth-order valence-electron chi connectivity index (χ4n) is 4.02. The molecule has 1 heterocycles. The van der Waals surface area contributed by atoms with Gasteiger partial charge in [-0.1, -0.05) is 39.3 Å². The van der Waals surface area contributed by atoms with E-state index in [-0.39, 0.29) is 17.5 Å². The van der Waals surface area contributed by atoms with Gasteiger partial charge >= 0.3 is 0 Å². The summed E-state index contributed by atoms with van der Waals surface area (Å²) < 4.78 is 7.21. The standard InChI is InChI=1S/C27H35N3O3/c1-6-8-13-25(31)29(18-19(3)4)20(5)26-28-24-12-10-9-11-23(24)27(32)30(26)21-14-16-22(17-15-21)33-7-2/h9-12,14-17,19-20H,6-8,13,18H2,1-5H3. The van der Waals surface area contributed by atoms with E-state index in [0.717, 1.165) is 18.6 Å². The molecule has 3 rings (SSSR count). The molecule has 0 N–H and O–H groups in total. The van der Waals surface area contributed by atoms with Crippen molar-refractivity contribution < 1.29 is 9.53 Å². The average Bonchev–Trinajstić information content (AvgIpc) is 2.81. The summed E-state index contributed by atoms with van der Waals surface area (Å²) in [6.45, 7) is 11.4. The SMILES string of the molecule is CCCCC(=O)N(CC(C)C)C(C)c1nc2ccccc2c(=O)n1-c1ccc(OCC)cc1. The zero-order valence-corrected chi connectivity index (χ0v) is 20.4. The molecule has 3 aromatic rings. The van der Waals surface area contributed by atoms with Crippen LogP contribution in [0.25, 0.3) is 16.6 Å². The Labute approximate surface area is 196 Å². The number of carbonyl (C=O) groups excluding carboxylic acids is 1. The number of ether oxygens (including phenoxy) is 1. The second-order valence-corrected chi connectivity index (χ2v) is 8.77. The topological polar surface area (TPSA) is 64.4 Å². The Morgan fingerprint density at radius 2 is 1.76 bits per heavy atom. The maximum Gasteiger partial charge on any atom is 0.266 e. The van der Waals surface area contributed by atoms with Gasteiger partial charge in [-0.05, 0) is 62.6 Å². The maximum absolute atomic E-state index is 13.6. The predicted octanol–water partition coefficient (Wildman–Crippen LogP) is 5.52. The van der Waals surface area contributed by atoms with Crippen molar-refractivity contribution in [3.63, 3.8) is 0 Å². The molecule has 0 aliphatic heterocycles. The van der Waals surface area contributed by atoms with Crippen molar-refractivity contribution in [1.29, 1.82) is 0 Å². The monoisotopic (exact) mass is 449 g/mol. The molecule has 1 aromatic heterocycles. The highest BCUT2D eigenvalue weighted by Crippen LogP contribution is 2.25. The summed E-state index contributed by atoms with van der Waals surface area (Å²) in [5.41, 5.74) is 1.20. The largest absolute Gasteiger partial charge is 0.494 e. The summed E-state index contributed by atoms with van der Waals surface area (Å²) >= 11 is 0. The Morgan fingerprint density at radius 1 is 1.06 bits per heavy atom.